The molecule has 0 heterocycles. The molecule has 0 fully saturated rings. The minimum atomic E-state index is 0.136. The van der Waals surface area contributed by atoms with Gasteiger partial charge < -0.3 is 5.32 Å². The Labute approximate surface area is 156 Å². The van der Waals surface area contributed by atoms with Gasteiger partial charge in [-0.15, -0.1) is 7.92 Å². The largest absolute Gasteiger partial charge is 0.354 e. The quantitative estimate of drug-likeness (QED) is 0.546. The molecular formula is C22H35N2P. The molecule has 1 N–H and O–H groups in total. The maximum absolute atomic E-state index is 4.95. The van der Waals surface area contributed by atoms with Gasteiger partial charge in [-0.3, -0.25) is 4.99 Å². The average molecular weight is 359 g/mol. The monoisotopic (exact) mass is 358 g/mol. The van der Waals surface area contributed by atoms with Crippen molar-refractivity contribution in [2.45, 2.75) is 58.8 Å². The number of benzene rings is 1. The van der Waals surface area contributed by atoms with Crippen LogP contribution in [0.2, 0.25) is 0 Å². The van der Waals surface area contributed by atoms with Gasteiger partial charge in [0.05, 0.1) is 11.4 Å². The fraction of sp³-hybridized carbons (Fsp3) is 0.591. The van der Waals surface area contributed by atoms with Gasteiger partial charge in [0, 0.05) is 12.2 Å². The molecule has 1 aromatic rings. The minimum absolute atomic E-state index is 0.136. The average Bonchev–Trinajstić information content (AvgIpc) is 2.55. The molecule has 3 heteroatoms. The van der Waals surface area contributed by atoms with Crippen molar-refractivity contribution in [3.8, 4) is 0 Å². The van der Waals surface area contributed by atoms with Gasteiger partial charge >= 0.3 is 0 Å². The molecule has 0 unspecified atom stereocenters. The van der Waals surface area contributed by atoms with Crippen LogP contribution in [0, 0.1) is 0 Å². The highest BCUT2D eigenvalue weighted by atomic mass is 31.1. The van der Waals surface area contributed by atoms with Gasteiger partial charge in [-0.1, -0.05) is 52.0 Å². The number of para-hydroxylation sites is 1. The normalized spacial score (nSPS) is 16.8. The number of hydrogen-bond acceptors (Lipinski definition) is 2. The summed E-state index contributed by atoms with van der Waals surface area (Å²) in [5.41, 5.74) is 6.64. The maximum Gasteiger partial charge on any atom is 0.0579 e. The first-order chi connectivity index (χ1) is 11.9. The van der Waals surface area contributed by atoms with Gasteiger partial charge in [-0.05, 0) is 61.7 Å². The molecule has 0 bridgehead atoms. The summed E-state index contributed by atoms with van der Waals surface area (Å²) < 4.78 is 0. The molecule has 25 heavy (non-hydrogen) atoms. The first-order valence-electron chi connectivity index (χ1n) is 9.68. The Morgan fingerprint density at radius 1 is 1.08 bits per heavy atom. The summed E-state index contributed by atoms with van der Waals surface area (Å²) >= 11 is 0. The van der Waals surface area contributed by atoms with Crippen LogP contribution in [0.3, 0.4) is 0 Å². The zero-order valence-electron chi connectivity index (χ0n) is 16.9. The zero-order chi connectivity index (χ0) is 18.4. The first-order valence-corrected chi connectivity index (χ1v) is 12.1. The van der Waals surface area contributed by atoms with Crippen LogP contribution in [0.15, 0.2) is 35.0 Å². The van der Waals surface area contributed by atoms with Gasteiger partial charge in [-0.2, -0.15) is 0 Å². The van der Waals surface area contributed by atoms with E-state index in [9.17, 15) is 0 Å². The van der Waals surface area contributed by atoms with Crippen molar-refractivity contribution in [2.75, 3.05) is 31.4 Å². The van der Waals surface area contributed by atoms with Crippen LogP contribution in [0.25, 0.3) is 0 Å². The molecule has 1 aromatic carbocycles. The number of allylic oxidation sites excluding steroid dienone is 2. The summed E-state index contributed by atoms with van der Waals surface area (Å²) in [6.07, 6.45) is 7.05. The predicted octanol–water partition coefficient (Wildman–Crippen LogP) is 6.60. The van der Waals surface area contributed by atoms with E-state index in [1.165, 1.54) is 40.8 Å². The van der Waals surface area contributed by atoms with Crippen LogP contribution in [0.1, 0.15) is 69.9 Å². The van der Waals surface area contributed by atoms with E-state index in [0.717, 1.165) is 19.4 Å². The van der Waals surface area contributed by atoms with Crippen LogP contribution >= 0.6 is 7.92 Å². The van der Waals surface area contributed by atoms with Crippen LogP contribution in [-0.2, 0) is 0 Å². The first kappa shape index (κ1) is 20.2. The second kappa shape index (κ2) is 9.53. The molecule has 0 aliphatic heterocycles. The Kier molecular flexibility index (Phi) is 7.69. The molecule has 0 aromatic heterocycles. The van der Waals surface area contributed by atoms with Crippen molar-refractivity contribution in [3.63, 3.8) is 0 Å². The Morgan fingerprint density at radius 2 is 1.72 bits per heavy atom. The highest BCUT2D eigenvalue weighted by Gasteiger charge is 2.18. The fourth-order valence-corrected chi connectivity index (χ4v) is 3.77. The Morgan fingerprint density at radius 3 is 2.28 bits per heavy atom. The number of nitrogens with one attached hydrogen (secondary N) is 1. The van der Waals surface area contributed by atoms with Crippen molar-refractivity contribution in [1.82, 2.24) is 0 Å². The van der Waals surface area contributed by atoms with E-state index >= 15 is 0 Å². The number of hydrogen-bond donors (Lipinski definition) is 1. The van der Waals surface area contributed by atoms with Crippen LogP contribution < -0.4 is 5.32 Å². The van der Waals surface area contributed by atoms with Gasteiger partial charge in [-0.25, -0.2) is 0 Å². The van der Waals surface area contributed by atoms with Gasteiger partial charge in [0.2, 0.25) is 0 Å². The summed E-state index contributed by atoms with van der Waals surface area (Å²) in [4.78, 5) is 4.95. The minimum Gasteiger partial charge on any atom is -0.354 e. The second-order valence-corrected chi connectivity index (χ2v) is 10.5. The maximum atomic E-state index is 4.95. The lowest BCUT2D eigenvalue weighted by Gasteiger charge is -2.24. The Bertz CT molecular complexity index is 601. The number of anilines is 1. The second-order valence-electron chi connectivity index (χ2n) is 7.89. The molecular weight excluding hydrogens is 323 g/mol. The van der Waals surface area contributed by atoms with Crippen molar-refractivity contribution >= 4 is 19.3 Å². The van der Waals surface area contributed by atoms with E-state index in [4.69, 9.17) is 4.99 Å². The Balaban J connectivity index is 2.31. The molecule has 0 radical (unpaired) electrons. The van der Waals surface area contributed by atoms with Crippen molar-refractivity contribution in [2.24, 2.45) is 4.99 Å². The van der Waals surface area contributed by atoms with Crippen molar-refractivity contribution < 1.29 is 0 Å². The summed E-state index contributed by atoms with van der Waals surface area (Å²) in [7, 11) is 0.136. The third-order valence-electron chi connectivity index (χ3n) is 4.76. The van der Waals surface area contributed by atoms with Gasteiger partial charge in [0.15, 0.2) is 0 Å². The van der Waals surface area contributed by atoms with Crippen LogP contribution in [0.5, 0.6) is 0 Å². The topological polar surface area (TPSA) is 24.4 Å². The molecule has 0 atom stereocenters. The molecule has 138 valence electrons. The van der Waals surface area contributed by atoms with E-state index in [0.29, 0.717) is 11.8 Å². The predicted molar refractivity (Wildman–Crippen MR) is 116 cm³/mol. The lowest BCUT2D eigenvalue weighted by molar-refractivity contribution is 0.833. The zero-order valence-corrected chi connectivity index (χ0v) is 17.8. The number of rotatable bonds is 7. The third kappa shape index (κ3) is 5.68. The third-order valence-corrected chi connectivity index (χ3v) is 5.85. The molecule has 0 spiro atoms. The summed E-state index contributed by atoms with van der Waals surface area (Å²) in [5.74, 6) is 1.02. The summed E-state index contributed by atoms with van der Waals surface area (Å²) in [6, 6.07) is 6.73. The van der Waals surface area contributed by atoms with E-state index < -0.39 is 0 Å². The Hall–Kier alpha value is -1.14. The smallest absolute Gasteiger partial charge is 0.0579 e. The molecule has 0 amide bonds. The number of aliphatic imine (C=N–C) groups is 1. The molecule has 2 nitrogen and oxygen atoms in total. The van der Waals surface area contributed by atoms with Crippen LogP contribution in [0.4, 0.5) is 5.69 Å². The number of nitrogens with zero attached hydrogens (tertiary/aromatic N) is 1. The van der Waals surface area contributed by atoms with Crippen LogP contribution in [-0.4, -0.2) is 31.7 Å². The lowest BCUT2D eigenvalue weighted by atomic mass is 9.92. The van der Waals surface area contributed by atoms with Gasteiger partial charge in [0.25, 0.3) is 0 Å². The van der Waals surface area contributed by atoms with Crippen molar-refractivity contribution in [1.29, 1.82) is 0 Å². The highest BCUT2D eigenvalue weighted by molar-refractivity contribution is 7.56. The molecule has 0 saturated heterocycles. The van der Waals surface area contributed by atoms with E-state index in [1.807, 2.05) is 0 Å². The standard InChI is InChI=1S/C22H35N2P/c1-16(2)18-10-9-11-19(17(3)4)22(18)24-21-13-8-7-12-20(21)23-14-15-25(5)6/h9-11,13,16-17,24H,7-8,12,14-15H2,1-6H3. The molecule has 0 saturated carbocycles. The fourth-order valence-electron chi connectivity index (χ4n) is 3.27. The lowest BCUT2D eigenvalue weighted by Crippen LogP contribution is -2.18. The van der Waals surface area contributed by atoms with E-state index in [-0.39, 0.29) is 7.92 Å². The molecule has 2 rings (SSSR count). The van der Waals surface area contributed by atoms with E-state index in [2.05, 4.69) is 70.6 Å². The van der Waals surface area contributed by atoms with Gasteiger partial charge in [0.1, 0.15) is 0 Å². The van der Waals surface area contributed by atoms with Crippen molar-refractivity contribution in [3.05, 3.63) is 41.1 Å². The summed E-state index contributed by atoms with van der Waals surface area (Å²) in [6.45, 7) is 14.7. The van der Waals surface area contributed by atoms with E-state index in [1.54, 1.807) is 0 Å². The molecule has 1 aliphatic rings. The highest BCUT2D eigenvalue weighted by Crippen LogP contribution is 2.34. The molecule has 1 aliphatic carbocycles. The SMILES string of the molecule is CC(C)c1cccc(C(C)C)c1NC1=CCCCC1=NCCP(C)C. The summed E-state index contributed by atoms with van der Waals surface area (Å²) in [5, 5.41) is 3.80.